The highest BCUT2D eigenvalue weighted by atomic mass is 32.1. The lowest BCUT2D eigenvalue weighted by molar-refractivity contribution is 0.142. The van der Waals surface area contributed by atoms with Crippen molar-refractivity contribution in [2.75, 3.05) is 13.6 Å². The van der Waals surface area contributed by atoms with Gasteiger partial charge in [0.25, 0.3) is 0 Å². The van der Waals surface area contributed by atoms with E-state index in [2.05, 4.69) is 5.32 Å². The largest absolute Gasteiger partial charge is 0.392 e. The van der Waals surface area contributed by atoms with Crippen molar-refractivity contribution < 1.29 is 9.90 Å². The lowest BCUT2D eigenvalue weighted by atomic mass is 10.2. The van der Waals surface area contributed by atoms with Gasteiger partial charge in [0, 0.05) is 18.5 Å². The second kappa shape index (κ2) is 6.61. The van der Waals surface area contributed by atoms with Crippen LogP contribution < -0.4 is 5.32 Å². The minimum absolute atomic E-state index is 0.0546. The number of hydrogen-bond acceptors (Lipinski definition) is 3. The van der Waals surface area contributed by atoms with Gasteiger partial charge in [-0.2, -0.15) is 0 Å². The van der Waals surface area contributed by atoms with Crippen molar-refractivity contribution >= 4 is 17.4 Å². The number of carbonyl (C=O) groups is 1. The number of hydrogen-bond donors (Lipinski definition) is 2. The number of nitrogens with zero attached hydrogens (tertiary/aromatic N) is 1. The summed E-state index contributed by atoms with van der Waals surface area (Å²) in [5.74, 6) is 0. The minimum atomic E-state index is -0.507. The fourth-order valence-electron chi connectivity index (χ4n) is 1.60. The van der Waals surface area contributed by atoms with E-state index in [9.17, 15) is 9.90 Å². The Bertz CT molecular complexity index is 338. The summed E-state index contributed by atoms with van der Waals surface area (Å²) in [6.45, 7) is 4.05. The summed E-state index contributed by atoms with van der Waals surface area (Å²) in [5.41, 5.74) is 0. The first-order valence-corrected chi connectivity index (χ1v) is 6.65. The monoisotopic (exact) mass is 256 g/mol. The van der Waals surface area contributed by atoms with E-state index in [1.54, 1.807) is 25.3 Å². The van der Waals surface area contributed by atoms with Gasteiger partial charge < -0.3 is 15.3 Å². The van der Waals surface area contributed by atoms with Gasteiger partial charge in [-0.25, -0.2) is 4.79 Å². The van der Waals surface area contributed by atoms with Crippen LogP contribution in [0.4, 0.5) is 4.79 Å². The van der Waals surface area contributed by atoms with E-state index in [0.717, 1.165) is 11.3 Å². The summed E-state index contributed by atoms with van der Waals surface area (Å²) < 4.78 is 0. The van der Waals surface area contributed by atoms with Crippen molar-refractivity contribution in [3.8, 4) is 0 Å². The maximum atomic E-state index is 11.9. The van der Waals surface area contributed by atoms with Crippen molar-refractivity contribution in [2.24, 2.45) is 0 Å². The summed E-state index contributed by atoms with van der Waals surface area (Å²) in [7, 11) is 1.68. The number of aliphatic hydroxyl groups excluding tert-OH is 1. The van der Waals surface area contributed by atoms with Crippen LogP contribution in [-0.2, 0) is 0 Å². The van der Waals surface area contributed by atoms with E-state index in [1.807, 2.05) is 24.4 Å². The number of urea groups is 1. The third kappa shape index (κ3) is 4.36. The van der Waals surface area contributed by atoms with Crippen molar-refractivity contribution in [2.45, 2.75) is 32.4 Å². The van der Waals surface area contributed by atoms with Crippen LogP contribution >= 0.6 is 11.3 Å². The van der Waals surface area contributed by atoms with Crippen LogP contribution in [0.5, 0.6) is 0 Å². The molecule has 0 aliphatic heterocycles. The maximum absolute atomic E-state index is 11.9. The van der Waals surface area contributed by atoms with Gasteiger partial charge >= 0.3 is 6.03 Å². The van der Waals surface area contributed by atoms with Crippen LogP contribution in [0.2, 0.25) is 0 Å². The molecule has 0 saturated carbocycles. The zero-order chi connectivity index (χ0) is 12.8. The van der Waals surface area contributed by atoms with Gasteiger partial charge in [-0.1, -0.05) is 13.0 Å². The Balaban J connectivity index is 2.54. The van der Waals surface area contributed by atoms with E-state index in [-0.39, 0.29) is 12.1 Å². The molecule has 2 N–H and O–H groups in total. The fraction of sp³-hybridized carbons (Fsp3) is 0.583. The molecular formula is C12H20N2O2S. The van der Waals surface area contributed by atoms with Gasteiger partial charge in [0.15, 0.2) is 0 Å². The molecule has 96 valence electrons. The Morgan fingerprint density at radius 2 is 2.35 bits per heavy atom. The van der Waals surface area contributed by atoms with E-state index >= 15 is 0 Å². The SMILES string of the molecule is CCC(NC(=O)N(C)CC(C)O)c1cccs1. The van der Waals surface area contributed by atoms with Crippen LogP contribution in [0, 0.1) is 0 Å². The van der Waals surface area contributed by atoms with Crippen LogP contribution in [-0.4, -0.2) is 35.7 Å². The molecule has 2 unspecified atom stereocenters. The van der Waals surface area contributed by atoms with Crippen LogP contribution in [0.15, 0.2) is 17.5 Å². The highest BCUT2D eigenvalue weighted by Gasteiger charge is 2.16. The Morgan fingerprint density at radius 3 is 2.82 bits per heavy atom. The Hall–Kier alpha value is -1.07. The summed E-state index contributed by atoms with van der Waals surface area (Å²) in [6, 6.07) is 3.91. The molecule has 2 atom stereocenters. The van der Waals surface area contributed by atoms with Crippen LogP contribution in [0.25, 0.3) is 0 Å². The first-order valence-electron chi connectivity index (χ1n) is 5.77. The molecule has 0 bridgehead atoms. The standard InChI is InChI=1S/C12H20N2O2S/c1-4-10(11-6-5-7-17-11)13-12(16)14(3)8-9(2)15/h5-7,9-10,15H,4,8H2,1-3H3,(H,13,16). The predicted molar refractivity (Wildman–Crippen MR) is 70.2 cm³/mol. The number of aliphatic hydroxyl groups is 1. The molecule has 4 nitrogen and oxygen atoms in total. The number of carbonyl (C=O) groups excluding carboxylic acids is 1. The van der Waals surface area contributed by atoms with E-state index in [4.69, 9.17) is 0 Å². The molecule has 0 aliphatic carbocycles. The third-order valence-corrected chi connectivity index (χ3v) is 3.46. The Kier molecular flexibility index (Phi) is 5.44. The highest BCUT2D eigenvalue weighted by Crippen LogP contribution is 2.21. The van der Waals surface area contributed by atoms with E-state index in [1.165, 1.54) is 4.90 Å². The van der Waals surface area contributed by atoms with Gasteiger partial charge in [0.1, 0.15) is 0 Å². The Labute approximate surface area is 106 Å². The lowest BCUT2D eigenvalue weighted by Crippen LogP contribution is -2.41. The molecule has 17 heavy (non-hydrogen) atoms. The summed E-state index contributed by atoms with van der Waals surface area (Å²) in [6.07, 6.45) is 0.349. The number of nitrogens with one attached hydrogen (secondary N) is 1. The molecule has 0 fully saturated rings. The van der Waals surface area contributed by atoms with Gasteiger partial charge in [-0.15, -0.1) is 11.3 Å². The highest BCUT2D eigenvalue weighted by molar-refractivity contribution is 7.10. The van der Waals surface area contributed by atoms with Gasteiger partial charge in [0.2, 0.25) is 0 Å². The number of thiophene rings is 1. The first kappa shape index (κ1) is 14.0. The normalized spacial score (nSPS) is 14.1. The van der Waals surface area contributed by atoms with Crippen molar-refractivity contribution in [1.29, 1.82) is 0 Å². The molecule has 0 saturated heterocycles. The summed E-state index contributed by atoms with van der Waals surface area (Å²) >= 11 is 1.64. The van der Waals surface area contributed by atoms with Crippen LogP contribution in [0.1, 0.15) is 31.2 Å². The zero-order valence-corrected chi connectivity index (χ0v) is 11.3. The molecule has 0 radical (unpaired) electrons. The molecule has 5 heteroatoms. The molecule has 0 spiro atoms. The topological polar surface area (TPSA) is 52.6 Å². The molecule has 0 aliphatic rings. The predicted octanol–water partition coefficient (Wildman–Crippen LogP) is 2.22. The Morgan fingerprint density at radius 1 is 1.65 bits per heavy atom. The summed E-state index contributed by atoms with van der Waals surface area (Å²) in [5, 5.41) is 14.2. The van der Waals surface area contributed by atoms with E-state index < -0.39 is 6.10 Å². The molecule has 1 aromatic heterocycles. The average Bonchev–Trinajstić information content (AvgIpc) is 2.77. The second-order valence-corrected chi connectivity index (χ2v) is 5.13. The fourth-order valence-corrected chi connectivity index (χ4v) is 2.46. The quantitative estimate of drug-likeness (QED) is 0.848. The van der Waals surface area contributed by atoms with Crippen molar-refractivity contribution in [3.05, 3.63) is 22.4 Å². The molecule has 1 rings (SSSR count). The third-order valence-electron chi connectivity index (χ3n) is 2.48. The first-order chi connectivity index (χ1) is 8.04. The number of amides is 2. The molecule has 0 aromatic carbocycles. The van der Waals surface area contributed by atoms with Gasteiger partial charge in [0.05, 0.1) is 12.1 Å². The molecular weight excluding hydrogens is 236 g/mol. The molecule has 1 aromatic rings. The number of likely N-dealkylation sites (N-methyl/N-ethyl adjacent to an activating group) is 1. The van der Waals surface area contributed by atoms with Crippen molar-refractivity contribution in [1.82, 2.24) is 10.2 Å². The minimum Gasteiger partial charge on any atom is -0.392 e. The molecule has 2 amide bonds. The van der Waals surface area contributed by atoms with E-state index in [0.29, 0.717) is 6.54 Å². The number of rotatable bonds is 5. The van der Waals surface area contributed by atoms with Gasteiger partial charge in [-0.05, 0) is 24.8 Å². The second-order valence-electron chi connectivity index (χ2n) is 4.16. The van der Waals surface area contributed by atoms with Gasteiger partial charge in [-0.3, -0.25) is 0 Å². The smallest absolute Gasteiger partial charge is 0.317 e. The summed E-state index contributed by atoms with van der Waals surface area (Å²) in [4.78, 5) is 14.5. The van der Waals surface area contributed by atoms with Crippen LogP contribution in [0.3, 0.4) is 0 Å². The van der Waals surface area contributed by atoms with Crippen molar-refractivity contribution in [3.63, 3.8) is 0 Å². The maximum Gasteiger partial charge on any atom is 0.317 e. The lowest BCUT2D eigenvalue weighted by Gasteiger charge is -2.23. The molecule has 1 heterocycles. The average molecular weight is 256 g/mol. The zero-order valence-electron chi connectivity index (χ0n) is 10.5.